The molecule has 1 aromatic heterocycles. The van der Waals surface area contributed by atoms with E-state index in [1.54, 1.807) is 0 Å². The molecular weight excluding hydrogens is 184 g/mol. The van der Waals surface area contributed by atoms with Gasteiger partial charge >= 0.3 is 0 Å². The summed E-state index contributed by atoms with van der Waals surface area (Å²) in [6.07, 6.45) is 3.63. The second kappa shape index (κ2) is 2.68. The maximum Gasteiger partial charge on any atom is 0.171 e. The van der Waals surface area contributed by atoms with Gasteiger partial charge in [0.25, 0.3) is 0 Å². The summed E-state index contributed by atoms with van der Waals surface area (Å²) < 4.78 is 0.486. The van der Waals surface area contributed by atoms with E-state index < -0.39 is 0 Å². The summed E-state index contributed by atoms with van der Waals surface area (Å²) in [5.74, 6) is 0. The summed E-state index contributed by atoms with van der Waals surface area (Å²) in [5.41, 5.74) is 0.331. The lowest BCUT2D eigenvalue weighted by Crippen LogP contribution is -1.88. The molecule has 0 saturated carbocycles. The molecule has 1 heterocycles. The second-order valence-electron chi connectivity index (χ2n) is 1.35. The van der Waals surface area contributed by atoms with Gasteiger partial charge in [0.2, 0.25) is 0 Å². The van der Waals surface area contributed by atoms with E-state index in [0.29, 0.717) is 16.6 Å². The van der Waals surface area contributed by atoms with E-state index in [4.69, 9.17) is 0 Å². The monoisotopic (exact) mass is 186 g/mol. The first-order valence-electron chi connectivity index (χ1n) is 2.26. The molecule has 0 fully saturated rings. The Kier molecular flexibility index (Phi) is 1.89. The molecule has 0 amide bonds. The smallest absolute Gasteiger partial charge is 0.171 e. The summed E-state index contributed by atoms with van der Waals surface area (Å²) in [5, 5.41) is 0. The SMILES string of the molecule is O=Cc1nccnc1Br. The highest BCUT2D eigenvalue weighted by molar-refractivity contribution is 9.10. The quantitative estimate of drug-likeness (QED) is 0.617. The number of rotatable bonds is 1. The van der Waals surface area contributed by atoms with Crippen molar-refractivity contribution in [1.82, 2.24) is 9.97 Å². The van der Waals surface area contributed by atoms with Crippen LogP contribution in [-0.2, 0) is 0 Å². The normalized spacial score (nSPS) is 9.00. The highest BCUT2D eigenvalue weighted by Gasteiger charge is 1.95. The van der Waals surface area contributed by atoms with Gasteiger partial charge in [-0.2, -0.15) is 0 Å². The minimum absolute atomic E-state index is 0.331. The number of aldehydes is 1. The average Bonchev–Trinajstić information content (AvgIpc) is 1.89. The van der Waals surface area contributed by atoms with Crippen molar-refractivity contribution in [2.45, 2.75) is 0 Å². The van der Waals surface area contributed by atoms with E-state index in [-0.39, 0.29) is 0 Å². The van der Waals surface area contributed by atoms with E-state index in [0.717, 1.165) is 0 Å². The molecule has 1 aromatic rings. The molecule has 0 unspecified atom stereocenters. The maximum absolute atomic E-state index is 10.1. The van der Waals surface area contributed by atoms with Crippen LogP contribution in [0.15, 0.2) is 17.0 Å². The fraction of sp³-hybridized carbons (Fsp3) is 0. The van der Waals surface area contributed by atoms with Crippen LogP contribution in [0.1, 0.15) is 10.5 Å². The third-order valence-electron chi connectivity index (χ3n) is 0.791. The lowest BCUT2D eigenvalue weighted by molar-refractivity contribution is 0.111. The van der Waals surface area contributed by atoms with Crippen LogP contribution in [0.25, 0.3) is 0 Å². The molecule has 0 radical (unpaired) electrons. The number of carbonyl (C=O) groups is 1. The van der Waals surface area contributed by atoms with Crippen LogP contribution in [0, 0.1) is 0 Å². The van der Waals surface area contributed by atoms with Crippen LogP contribution >= 0.6 is 15.9 Å². The van der Waals surface area contributed by atoms with E-state index in [2.05, 4.69) is 25.9 Å². The van der Waals surface area contributed by atoms with E-state index >= 15 is 0 Å². The highest BCUT2D eigenvalue weighted by atomic mass is 79.9. The van der Waals surface area contributed by atoms with Crippen molar-refractivity contribution in [3.63, 3.8) is 0 Å². The first-order valence-corrected chi connectivity index (χ1v) is 3.05. The van der Waals surface area contributed by atoms with Crippen LogP contribution in [0.2, 0.25) is 0 Å². The third-order valence-corrected chi connectivity index (χ3v) is 1.40. The minimum atomic E-state index is 0.331. The van der Waals surface area contributed by atoms with Crippen LogP contribution in [-0.4, -0.2) is 16.3 Å². The van der Waals surface area contributed by atoms with Gasteiger partial charge in [-0.15, -0.1) is 0 Å². The van der Waals surface area contributed by atoms with E-state index in [9.17, 15) is 4.79 Å². The Bertz CT molecular complexity index is 226. The van der Waals surface area contributed by atoms with Crippen molar-refractivity contribution < 1.29 is 4.79 Å². The first-order chi connectivity index (χ1) is 4.34. The minimum Gasteiger partial charge on any atom is -0.296 e. The van der Waals surface area contributed by atoms with Crippen molar-refractivity contribution in [1.29, 1.82) is 0 Å². The molecule has 46 valence electrons. The molecule has 9 heavy (non-hydrogen) atoms. The topological polar surface area (TPSA) is 42.9 Å². The second-order valence-corrected chi connectivity index (χ2v) is 2.10. The lowest BCUT2D eigenvalue weighted by atomic mass is 10.5. The average molecular weight is 187 g/mol. The Morgan fingerprint density at radius 1 is 1.44 bits per heavy atom. The van der Waals surface area contributed by atoms with Crippen LogP contribution in [0.3, 0.4) is 0 Å². The van der Waals surface area contributed by atoms with Gasteiger partial charge in [0.05, 0.1) is 0 Å². The van der Waals surface area contributed by atoms with Gasteiger partial charge < -0.3 is 0 Å². The van der Waals surface area contributed by atoms with Crippen molar-refractivity contribution in [3.8, 4) is 0 Å². The highest BCUT2D eigenvalue weighted by Crippen LogP contribution is 2.05. The number of nitrogens with zero attached hydrogens (tertiary/aromatic N) is 2. The molecule has 0 aromatic carbocycles. The Morgan fingerprint density at radius 3 is 2.56 bits per heavy atom. The van der Waals surface area contributed by atoms with Gasteiger partial charge in [-0.05, 0) is 15.9 Å². The molecule has 4 heteroatoms. The number of carbonyl (C=O) groups excluding carboxylic acids is 1. The summed E-state index contributed by atoms with van der Waals surface area (Å²) in [6.45, 7) is 0. The van der Waals surface area contributed by atoms with Crippen LogP contribution in [0.5, 0.6) is 0 Å². The molecule has 0 bridgehead atoms. The molecule has 0 saturated heterocycles. The van der Waals surface area contributed by atoms with Gasteiger partial charge in [0, 0.05) is 12.4 Å². The predicted molar refractivity (Wildman–Crippen MR) is 35.1 cm³/mol. The molecule has 0 atom stereocenters. The Balaban J connectivity index is 3.15. The number of halogens is 1. The van der Waals surface area contributed by atoms with Crippen molar-refractivity contribution >= 4 is 22.2 Å². The first kappa shape index (κ1) is 6.35. The van der Waals surface area contributed by atoms with Crippen LogP contribution < -0.4 is 0 Å². The number of hydrogen-bond acceptors (Lipinski definition) is 3. The zero-order chi connectivity index (χ0) is 6.69. The van der Waals surface area contributed by atoms with Gasteiger partial charge in [-0.3, -0.25) is 4.79 Å². The maximum atomic E-state index is 10.1. The van der Waals surface area contributed by atoms with Gasteiger partial charge in [-0.1, -0.05) is 0 Å². The Labute approximate surface area is 60.3 Å². The zero-order valence-corrected chi connectivity index (χ0v) is 6.00. The molecule has 0 aliphatic heterocycles. The van der Waals surface area contributed by atoms with Gasteiger partial charge in [-0.25, -0.2) is 9.97 Å². The van der Waals surface area contributed by atoms with Crippen LogP contribution in [0.4, 0.5) is 0 Å². The third kappa shape index (κ3) is 1.32. The van der Waals surface area contributed by atoms with Gasteiger partial charge in [0.15, 0.2) is 6.29 Å². The van der Waals surface area contributed by atoms with E-state index in [1.807, 2.05) is 0 Å². The largest absolute Gasteiger partial charge is 0.296 e. The Hall–Kier alpha value is -0.770. The molecule has 0 aliphatic carbocycles. The molecule has 0 aliphatic rings. The fourth-order valence-electron chi connectivity index (χ4n) is 0.411. The standard InChI is InChI=1S/C5H3BrN2O/c6-5-4(3-9)7-1-2-8-5/h1-3H. The van der Waals surface area contributed by atoms with Crippen molar-refractivity contribution in [2.24, 2.45) is 0 Å². The summed E-state index contributed by atoms with van der Waals surface area (Å²) in [6, 6.07) is 0. The molecule has 0 N–H and O–H groups in total. The summed E-state index contributed by atoms with van der Waals surface area (Å²) in [7, 11) is 0. The Morgan fingerprint density at radius 2 is 2.11 bits per heavy atom. The fourth-order valence-corrected chi connectivity index (χ4v) is 0.725. The summed E-state index contributed by atoms with van der Waals surface area (Å²) >= 11 is 3.05. The zero-order valence-electron chi connectivity index (χ0n) is 4.41. The molecular formula is C5H3BrN2O. The lowest BCUT2D eigenvalue weighted by Gasteiger charge is -1.88. The molecule has 3 nitrogen and oxygen atoms in total. The molecule has 0 spiro atoms. The van der Waals surface area contributed by atoms with Crippen molar-refractivity contribution in [3.05, 3.63) is 22.7 Å². The van der Waals surface area contributed by atoms with Crippen molar-refractivity contribution in [2.75, 3.05) is 0 Å². The van der Waals surface area contributed by atoms with E-state index in [1.165, 1.54) is 12.4 Å². The molecule has 1 rings (SSSR count). The van der Waals surface area contributed by atoms with Gasteiger partial charge in [0.1, 0.15) is 10.3 Å². The number of aromatic nitrogens is 2. The summed E-state index contributed by atoms with van der Waals surface area (Å²) in [4.78, 5) is 17.6. The predicted octanol–water partition coefficient (Wildman–Crippen LogP) is 1.05. The number of hydrogen-bond donors (Lipinski definition) is 0.